The molecule has 0 aromatic heterocycles. The maximum absolute atomic E-state index is 12.8. The molecule has 2 aromatic carbocycles. The zero-order valence-electron chi connectivity index (χ0n) is 18.1. The zero-order chi connectivity index (χ0) is 22.2. The van der Waals surface area contributed by atoms with Crippen LogP contribution in [-0.4, -0.2) is 23.9 Å². The molecule has 0 spiro atoms. The molecule has 2 atom stereocenters. The Morgan fingerprint density at radius 1 is 1.16 bits per heavy atom. The quantitative estimate of drug-likeness (QED) is 0.711. The van der Waals surface area contributed by atoms with Crippen molar-refractivity contribution in [2.45, 2.75) is 58.2 Å². The number of nitrogens with one attached hydrogen (secondary N) is 2. The summed E-state index contributed by atoms with van der Waals surface area (Å²) in [6, 6.07) is 16.6. The van der Waals surface area contributed by atoms with E-state index in [0.29, 0.717) is 23.3 Å². The second-order valence-electron chi connectivity index (χ2n) is 8.29. The second-order valence-corrected chi connectivity index (χ2v) is 8.29. The van der Waals surface area contributed by atoms with Crippen molar-refractivity contribution >= 4 is 11.8 Å². The van der Waals surface area contributed by atoms with Crippen LogP contribution in [0.15, 0.2) is 48.5 Å². The van der Waals surface area contributed by atoms with Gasteiger partial charge in [-0.15, -0.1) is 0 Å². The summed E-state index contributed by atoms with van der Waals surface area (Å²) >= 11 is 0. The van der Waals surface area contributed by atoms with Gasteiger partial charge in [0.2, 0.25) is 5.91 Å². The van der Waals surface area contributed by atoms with E-state index in [-0.39, 0.29) is 36.4 Å². The van der Waals surface area contributed by atoms with Gasteiger partial charge in [0.25, 0.3) is 5.91 Å². The van der Waals surface area contributed by atoms with Gasteiger partial charge in [0.05, 0.1) is 5.56 Å². The van der Waals surface area contributed by atoms with Gasteiger partial charge in [0, 0.05) is 23.6 Å². The molecule has 1 fully saturated rings. The number of nitriles is 1. The lowest BCUT2D eigenvalue weighted by atomic mass is 9.85. The number of nitrogens with zero attached hydrogens (tertiary/aromatic N) is 1. The molecule has 1 aliphatic carbocycles. The Morgan fingerprint density at radius 2 is 1.97 bits per heavy atom. The van der Waals surface area contributed by atoms with Gasteiger partial charge >= 0.3 is 0 Å². The SMILES string of the molecule is CC(C)NC(=O)C1CCCC(NC(=O)c2cccc(COc3ccccc3C#N)c2)C1. The average Bonchev–Trinajstić information content (AvgIpc) is 2.77. The maximum Gasteiger partial charge on any atom is 0.251 e. The van der Waals surface area contributed by atoms with E-state index >= 15 is 0 Å². The van der Waals surface area contributed by atoms with Gasteiger partial charge < -0.3 is 15.4 Å². The fourth-order valence-corrected chi connectivity index (χ4v) is 3.88. The van der Waals surface area contributed by atoms with Crippen LogP contribution in [0.25, 0.3) is 0 Å². The first-order valence-corrected chi connectivity index (χ1v) is 10.8. The highest BCUT2D eigenvalue weighted by Gasteiger charge is 2.28. The number of para-hydroxylation sites is 1. The van der Waals surface area contributed by atoms with Crippen LogP contribution in [0.4, 0.5) is 0 Å². The summed E-state index contributed by atoms with van der Waals surface area (Å²) < 4.78 is 5.77. The van der Waals surface area contributed by atoms with E-state index in [1.54, 1.807) is 30.3 Å². The molecule has 1 aliphatic rings. The minimum Gasteiger partial charge on any atom is -0.488 e. The first-order chi connectivity index (χ1) is 15.0. The third-order valence-corrected chi connectivity index (χ3v) is 5.40. The average molecular weight is 420 g/mol. The van der Waals surface area contributed by atoms with Crippen LogP contribution in [0, 0.1) is 17.2 Å². The predicted octanol–water partition coefficient (Wildman–Crippen LogP) is 3.95. The normalized spacial score (nSPS) is 18.1. The highest BCUT2D eigenvalue weighted by atomic mass is 16.5. The van der Waals surface area contributed by atoms with Crippen LogP contribution in [0.5, 0.6) is 5.75 Å². The van der Waals surface area contributed by atoms with Crippen molar-refractivity contribution in [2.75, 3.05) is 0 Å². The van der Waals surface area contributed by atoms with Gasteiger partial charge in [0.1, 0.15) is 18.4 Å². The lowest BCUT2D eigenvalue weighted by Crippen LogP contribution is -2.43. The Kier molecular flexibility index (Phi) is 7.66. The number of benzene rings is 2. The molecular formula is C25H29N3O3. The Bertz CT molecular complexity index is 964. The van der Waals surface area contributed by atoms with Gasteiger partial charge in [-0.3, -0.25) is 9.59 Å². The first kappa shape index (κ1) is 22.4. The van der Waals surface area contributed by atoms with Crippen LogP contribution >= 0.6 is 0 Å². The summed E-state index contributed by atoms with van der Waals surface area (Å²) in [5, 5.41) is 15.2. The van der Waals surface area contributed by atoms with Crippen LogP contribution in [0.1, 0.15) is 61.0 Å². The van der Waals surface area contributed by atoms with Crippen LogP contribution in [0.2, 0.25) is 0 Å². The Labute approximate surface area is 183 Å². The minimum absolute atomic E-state index is 0.00780. The molecule has 2 N–H and O–H groups in total. The van der Waals surface area contributed by atoms with E-state index in [1.807, 2.05) is 32.0 Å². The first-order valence-electron chi connectivity index (χ1n) is 10.8. The maximum atomic E-state index is 12.8. The molecule has 0 heterocycles. The van der Waals surface area contributed by atoms with E-state index in [9.17, 15) is 14.9 Å². The molecule has 31 heavy (non-hydrogen) atoms. The number of hydrogen-bond donors (Lipinski definition) is 2. The number of amides is 2. The number of ether oxygens (including phenoxy) is 1. The van der Waals surface area contributed by atoms with E-state index in [0.717, 1.165) is 24.8 Å². The molecular weight excluding hydrogens is 390 g/mol. The summed E-state index contributed by atoms with van der Waals surface area (Å²) in [7, 11) is 0. The van der Waals surface area contributed by atoms with Crippen molar-refractivity contribution in [1.29, 1.82) is 5.26 Å². The van der Waals surface area contributed by atoms with Gasteiger partial charge in [-0.05, 0) is 62.9 Å². The third-order valence-electron chi connectivity index (χ3n) is 5.40. The summed E-state index contributed by atoms with van der Waals surface area (Å²) in [5.41, 5.74) is 1.88. The Balaban J connectivity index is 1.58. The van der Waals surface area contributed by atoms with Crippen LogP contribution < -0.4 is 15.4 Å². The van der Waals surface area contributed by atoms with E-state index in [1.165, 1.54) is 0 Å². The van der Waals surface area contributed by atoms with Crippen LogP contribution in [-0.2, 0) is 11.4 Å². The van der Waals surface area contributed by atoms with Gasteiger partial charge in [0.15, 0.2) is 0 Å². The molecule has 0 saturated heterocycles. The van der Waals surface area contributed by atoms with E-state index in [2.05, 4.69) is 16.7 Å². The van der Waals surface area contributed by atoms with Gasteiger partial charge in [-0.2, -0.15) is 5.26 Å². The summed E-state index contributed by atoms with van der Waals surface area (Å²) in [5.74, 6) is 0.397. The van der Waals surface area contributed by atoms with Crippen molar-refractivity contribution in [3.05, 3.63) is 65.2 Å². The Hall–Kier alpha value is -3.33. The highest BCUT2D eigenvalue weighted by Crippen LogP contribution is 2.25. The number of hydrogen-bond acceptors (Lipinski definition) is 4. The molecule has 2 amide bonds. The Morgan fingerprint density at radius 3 is 2.74 bits per heavy atom. The summed E-state index contributed by atoms with van der Waals surface area (Å²) in [4.78, 5) is 25.1. The minimum atomic E-state index is -0.144. The van der Waals surface area contributed by atoms with E-state index in [4.69, 9.17) is 4.74 Å². The molecule has 3 rings (SSSR count). The molecule has 0 radical (unpaired) electrons. The largest absolute Gasteiger partial charge is 0.488 e. The molecule has 6 nitrogen and oxygen atoms in total. The molecule has 0 bridgehead atoms. The monoisotopic (exact) mass is 419 g/mol. The van der Waals surface area contributed by atoms with E-state index < -0.39 is 0 Å². The third kappa shape index (κ3) is 6.32. The number of rotatable bonds is 7. The standard InChI is InChI=1S/C25H29N3O3/c1-17(2)27-24(29)20-10-6-11-22(14-20)28-25(30)19-9-5-7-18(13-19)16-31-23-12-4-3-8-21(23)15-26/h3-5,7-9,12-13,17,20,22H,6,10-11,14,16H2,1-2H3,(H,27,29)(H,28,30). The topological polar surface area (TPSA) is 91.2 Å². The molecule has 6 heteroatoms. The predicted molar refractivity (Wildman–Crippen MR) is 118 cm³/mol. The lowest BCUT2D eigenvalue weighted by molar-refractivity contribution is -0.126. The summed E-state index contributed by atoms with van der Waals surface area (Å²) in [6.07, 6.45) is 3.33. The van der Waals surface area contributed by atoms with Crippen molar-refractivity contribution in [1.82, 2.24) is 10.6 Å². The fraction of sp³-hybridized carbons (Fsp3) is 0.400. The molecule has 0 aliphatic heterocycles. The molecule has 2 aromatic rings. The van der Waals surface area contributed by atoms with Crippen molar-refractivity contribution in [3.8, 4) is 11.8 Å². The van der Waals surface area contributed by atoms with Crippen molar-refractivity contribution in [2.24, 2.45) is 5.92 Å². The second kappa shape index (κ2) is 10.6. The number of carbonyl (C=O) groups excluding carboxylic acids is 2. The summed E-state index contributed by atoms with van der Waals surface area (Å²) in [6.45, 7) is 4.17. The fourth-order valence-electron chi connectivity index (χ4n) is 3.88. The molecule has 1 saturated carbocycles. The smallest absolute Gasteiger partial charge is 0.251 e. The lowest BCUT2D eigenvalue weighted by Gasteiger charge is -2.29. The van der Waals surface area contributed by atoms with Gasteiger partial charge in [-0.1, -0.05) is 30.7 Å². The number of carbonyl (C=O) groups is 2. The molecule has 2 unspecified atom stereocenters. The zero-order valence-corrected chi connectivity index (χ0v) is 18.1. The highest BCUT2D eigenvalue weighted by molar-refractivity contribution is 5.94. The van der Waals surface area contributed by atoms with Crippen molar-refractivity contribution in [3.63, 3.8) is 0 Å². The van der Waals surface area contributed by atoms with Crippen molar-refractivity contribution < 1.29 is 14.3 Å². The van der Waals surface area contributed by atoms with Gasteiger partial charge in [-0.25, -0.2) is 0 Å². The molecule has 162 valence electrons. The van der Waals surface area contributed by atoms with Crippen LogP contribution in [0.3, 0.4) is 0 Å².